The minimum atomic E-state index is -1.01. The molecule has 0 aliphatic heterocycles. The first-order valence-corrected chi connectivity index (χ1v) is 7.03. The van der Waals surface area contributed by atoms with Crippen LogP contribution in [0.2, 0.25) is 0 Å². The van der Waals surface area contributed by atoms with E-state index in [0.29, 0.717) is 6.42 Å². The first kappa shape index (κ1) is 13.3. The predicted octanol–water partition coefficient (Wildman–Crippen LogP) is 3.65. The lowest BCUT2D eigenvalue weighted by atomic mass is 10.0. The Morgan fingerprint density at radius 2 is 2.28 bits per heavy atom. The molecule has 0 bridgehead atoms. The maximum atomic E-state index is 10.7. The largest absolute Gasteiger partial charge is 0.465 e. The zero-order valence-electron chi connectivity index (χ0n) is 10.0. The van der Waals surface area contributed by atoms with Crippen LogP contribution in [0.4, 0.5) is 4.79 Å². The van der Waals surface area contributed by atoms with Crippen LogP contribution in [0.1, 0.15) is 18.9 Å². The van der Waals surface area contributed by atoms with Crippen molar-refractivity contribution in [2.75, 3.05) is 0 Å². The van der Waals surface area contributed by atoms with Crippen molar-refractivity contribution in [1.82, 2.24) is 10.3 Å². The Morgan fingerprint density at radius 3 is 2.94 bits per heavy atom. The van der Waals surface area contributed by atoms with Crippen LogP contribution in [0.15, 0.2) is 22.7 Å². The molecule has 0 atom stereocenters. The lowest BCUT2D eigenvalue weighted by Gasteiger charge is -2.22. The Morgan fingerprint density at radius 1 is 1.56 bits per heavy atom. The van der Waals surface area contributed by atoms with Crippen LogP contribution in [0.3, 0.4) is 0 Å². The summed E-state index contributed by atoms with van der Waals surface area (Å²) in [5.41, 5.74) is 0.423. The first-order chi connectivity index (χ1) is 8.35. The number of benzene rings is 1. The fraction of sp³-hybridized carbons (Fsp3) is 0.333. The van der Waals surface area contributed by atoms with E-state index in [1.54, 1.807) is 11.3 Å². The van der Waals surface area contributed by atoms with Gasteiger partial charge in [-0.15, -0.1) is 11.3 Å². The van der Waals surface area contributed by atoms with Gasteiger partial charge in [-0.1, -0.05) is 15.9 Å². The number of nitrogens with one attached hydrogen (secondary N) is 1. The molecule has 2 rings (SSSR count). The van der Waals surface area contributed by atoms with Crippen LogP contribution >= 0.6 is 27.3 Å². The molecule has 4 nitrogen and oxygen atoms in total. The topological polar surface area (TPSA) is 62.2 Å². The number of carboxylic acid groups (broad SMARTS) is 1. The van der Waals surface area contributed by atoms with E-state index in [9.17, 15) is 4.79 Å². The molecule has 0 saturated carbocycles. The van der Waals surface area contributed by atoms with Crippen LogP contribution in [-0.2, 0) is 6.42 Å². The number of carbonyl (C=O) groups is 1. The summed E-state index contributed by atoms with van der Waals surface area (Å²) in [6.07, 6.45) is -0.431. The number of hydrogen-bond donors (Lipinski definition) is 2. The summed E-state index contributed by atoms with van der Waals surface area (Å²) in [6, 6.07) is 5.95. The van der Waals surface area contributed by atoms with Crippen molar-refractivity contribution in [3.63, 3.8) is 0 Å². The van der Waals surface area contributed by atoms with Crippen molar-refractivity contribution >= 4 is 43.6 Å². The zero-order chi connectivity index (χ0) is 13.3. The molecule has 0 fully saturated rings. The molecule has 0 aliphatic rings. The van der Waals surface area contributed by atoms with Crippen molar-refractivity contribution in [2.45, 2.75) is 25.8 Å². The Kier molecular flexibility index (Phi) is 3.59. The Bertz CT molecular complexity index is 595. The van der Waals surface area contributed by atoms with E-state index in [0.717, 1.165) is 19.7 Å². The number of hydrogen-bond acceptors (Lipinski definition) is 3. The average Bonchev–Trinajstić information content (AvgIpc) is 2.55. The molecule has 2 N–H and O–H groups in total. The number of aromatic nitrogens is 1. The lowest BCUT2D eigenvalue weighted by Crippen LogP contribution is -2.44. The van der Waals surface area contributed by atoms with E-state index in [-0.39, 0.29) is 0 Å². The van der Waals surface area contributed by atoms with Gasteiger partial charge < -0.3 is 10.4 Å². The van der Waals surface area contributed by atoms with Crippen molar-refractivity contribution in [3.05, 3.63) is 27.7 Å². The summed E-state index contributed by atoms with van der Waals surface area (Å²) in [7, 11) is 0. The van der Waals surface area contributed by atoms with Crippen LogP contribution in [0.25, 0.3) is 10.2 Å². The van der Waals surface area contributed by atoms with Crippen LogP contribution in [0, 0.1) is 0 Å². The summed E-state index contributed by atoms with van der Waals surface area (Å²) >= 11 is 5.01. The van der Waals surface area contributed by atoms with Gasteiger partial charge in [0.2, 0.25) is 0 Å². The van der Waals surface area contributed by atoms with Gasteiger partial charge in [0.25, 0.3) is 0 Å². The van der Waals surface area contributed by atoms with E-state index in [1.165, 1.54) is 0 Å². The molecule has 6 heteroatoms. The molecule has 1 aromatic carbocycles. The molecular formula is C12H13BrN2O2S. The van der Waals surface area contributed by atoms with E-state index >= 15 is 0 Å². The number of rotatable bonds is 3. The van der Waals surface area contributed by atoms with Crippen LogP contribution in [-0.4, -0.2) is 21.7 Å². The van der Waals surface area contributed by atoms with Crippen molar-refractivity contribution < 1.29 is 9.90 Å². The average molecular weight is 329 g/mol. The molecule has 18 heavy (non-hydrogen) atoms. The minimum absolute atomic E-state index is 0.517. The van der Waals surface area contributed by atoms with Gasteiger partial charge in [0.1, 0.15) is 0 Å². The fourth-order valence-corrected chi connectivity index (χ4v) is 3.26. The monoisotopic (exact) mass is 328 g/mol. The van der Waals surface area contributed by atoms with E-state index in [4.69, 9.17) is 5.11 Å². The zero-order valence-corrected chi connectivity index (χ0v) is 12.4. The van der Waals surface area contributed by atoms with E-state index in [1.807, 2.05) is 32.0 Å². The third-order valence-electron chi connectivity index (χ3n) is 2.43. The van der Waals surface area contributed by atoms with Crippen molar-refractivity contribution in [1.29, 1.82) is 0 Å². The number of amides is 1. The normalized spacial score (nSPS) is 11.7. The molecule has 1 amide bonds. The van der Waals surface area contributed by atoms with Gasteiger partial charge >= 0.3 is 6.09 Å². The molecule has 0 saturated heterocycles. The Balaban J connectivity index is 2.24. The highest BCUT2D eigenvalue weighted by Crippen LogP contribution is 2.27. The molecule has 2 aromatic rings. The maximum Gasteiger partial charge on any atom is 0.405 e. The first-order valence-electron chi connectivity index (χ1n) is 5.42. The molecule has 0 radical (unpaired) electrons. The van der Waals surface area contributed by atoms with Crippen LogP contribution < -0.4 is 5.32 Å². The number of thiazole rings is 1. The summed E-state index contributed by atoms with van der Waals surface area (Å²) in [6.45, 7) is 3.70. The van der Waals surface area contributed by atoms with Crippen molar-refractivity contribution in [2.24, 2.45) is 0 Å². The minimum Gasteiger partial charge on any atom is -0.465 e. The molecule has 0 spiro atoms. The molecule has 1 heterocycles. The smallest absolute Gasteiger partial charge is 0.405 e. The summed E-state index contributed by atoms with van der Waals surface area (Å²) in [5.74, 6) is 0. The highest BCUT2D eigenvalue weighted by Gasteiger charge is 2.22. The maximum absolute atomic E-state index is 10.7. The van der Waals surface area contributed by atoms with Gasteiger partial charge in [0.05, 0.1) is 15.2 Å². The quantitative estimate of drug-likeness (QED) is 0.903. The predicted molar refractivity (Wildman–Crippen MR) is 76.3 cm³/mol. The van der Waals surface area contributed by atoms with E-state index < -0.39 is 11.6 Å². The van der Waals surface area contributed by atoms with Gasteiger partial charge in [-0.3, -0.25) is 0 Å². The third kappa shape index (κ3) is 3.20. The summed E-state index contributed by atoms with van der Waals surface area (Å²) in [4.78, 5) is 15.2. The molecule has 1 aromatic heterocycles. The lowest BCUT2D eigenvalue weighted by molar-refractivity contribution is 0.182. The van der Waals surface area contributed by atoms with E-state index in [2.05, 4.69) is 26.2 Å². The summed E-state index contributed by atoms with van der Waals surface area (Å²) < 4.78 is 2.11. The highest BCUT2D eigenvalue weighted by molar-refractivity contribution is 9.10. The molecule has 0 aliphatic carbocycles. The van der Waals surface area contributed by atoms with Gasteiger partial charge in [0, 0.05) is 16.4 Å². The van der Waals surface area contributed by atoms with Gasteiger partial charge in [-0.25, -0.2) is 9.78 Å². The van der Waals surface area contributed by atoms with Crippen LogP contribution in [0.5, 0.6) is 0 Å². The fourth-order valence-electron chi connectivity index (χ4n) is 1.74. The molecular weight excluding hydrogens is 316 g/mol. The Hall–Kier alpha value is -1.14. The van der Waals surface area contributed by atoms with Gasteiger partial charge in [-0.05, 0) is 32.0 Å². The second-order valence-corrected chi connectivity index (χ2v) is 6.74. The third-order valence-corrected chi connectivity index (χ3v) is 3.96. The highest BCUT2D eigenvalue weighted by atomic mass is 79.9. The van der Waals surface area contributed by atoms with Gasteiger partial charge in [-0.2, -0.15) is 0 Å². The molecule has 0 unspecified atom stereocenters. The Labute approximate surface area is 117 Å². The SMILES string of the molecule is CC(C)(Cc1nc2cc(Br)ccc2s1)NC(=O)O. The summed E-state index contributed by atoms with van der Waals surface area (Å²) in [5, 5.41) is 12.2. The van der Waals surface area contributed by atoms with Gasteiger partial charge in [0.15, 0.2) is 0 Å². The van der Waals surface area contributed by atoms with Crippen molar-refractivity contribution in [3.8, 4) is 0 Å². The second kappa shape index (κ2) is 4.85. The second-order valence-electron chi connectivity index (χ2n) is 4.71. The number of nitrogens with zero attached hydrogens (tertiary/aromatic N) is 1. The number of fused-ring (bicyclic) bond motifs is 1. The molecule has 96 valence electrons. The number of halogens is 1. The standard InChI is InChI=1S/C12H13BrN2O2S/c1-12(2,15-11(16)17)6-10-14-8-5-7(13)3-4-9(8)18-10/h3-5,15H,6H2,1-2H3,(H,16,17).